The summed E-state index contributed by atoms with van der Waals surface area (Å²) < 4.78 is 0. The molecule has 0 saturated heterocycles. The fourth-order valence-corrected chi connectivity index (χ4v) is 4.20. The second kappa shape index (κ2) is 6.50. The van der Waals surface area contributed by atoms with Crippen LogP contribution in [0.4, 0.5) is 4.79 Å². The Morgan fingerprint density at radius 1 is 1.21 bits per heavy atom. The average Bonchev–Trinajstić information content (AvgIpc) is 2.91. The molecule has 2 atom stereocenters. The van der Waals surface area contributed by atoms with Crippen molar-refractivity contribution < 1.29 is 4.79 Å². The Balaban J connectivity index is 1.66. The number of rotatable bonds is 6. The summed E-state index contributed by atoms with van der Waals surface area (Å²) in [6.07, 6.45) is 1.99. The Hall–Kier alpha value is -1.97. The van der Waals surface area contributed by atoms with Crippen LogP contribution in [0.15, 0.2) is 24.3 Å². The van der Waals surface area contributed by atoms with Gasteiger partial charge >= 0.3 is 6.03 Å². The number of H-pyrrole nitrogens is 1. The summed E-state index contributed by atoms with van der Waals surface area (Å²) in [5.41, 5.74) is 4.27. The second-order valence-corrected chi connectivity index (χ2v) is 7.59. The number of fused-ring (bicyclic) bond motifs is 1. The predicted octanol–water partition coefficient (Wildman–Crippen LogP) is 4.32. The van der Waals surface area contributed by atoms with E-state index in [2.05, 4.69) is 67.6 Å². The molecule has 3 rings (SSSR count). The van der Waals surface area contributed by atoms with Crippen LogP contribution in [0.1, 0.15) is 50.8 Å². The topological polar surface area (TPSA) is 56.9 Å². The maximum Gasteiger partial charge on any atom is 0.314 e. The molecule has 130 valence electrons. The molecule has 0 radical (unpaired) electrons. The third-order valence-electron chi connectivity index (χ3n) is 5.58. The van der Waals surface area contributed by atoms with Crippen molar-refractivity contribution in [1.29, 1.82) is 0 Å². The molecule has 1 aromatic carbocycles. The summed E-state index contributed by atoms with van der Waals surface area (Å²) in [5.74, 6) is 1.18. The first-order valence-electron chi connectivity index (χ1n) is 9.05. The molecule has 2 aromatic rings. The van der Waals surface area contributed by atoms with Crippen LogP contribution >= 0.6 is 0 Å². The van der Waals surface area contributed by atoms with Gasteiger partial charge in [-0.05, 0) is 48.6 Å². The van der Waals surface area contributed by atoms with E-state index >= 15 is 0 Å². The molecule has 4 heteroatoms. The molecule has 0 bridgehead atoms. The smallest absolute Gasteiger partial charge is 0.314 e. The third kappa shape index (κ3) is 3.02. The fraction of sp³-hybridized carbons (Fsp3) is 0.550. The highest BCUT2D eigenvalue weighted by molar-refractivity contribution is 5.86. The summed E-state index contributed by atoms with van der Waals surface area (Å²) in [4.78, 5) is 15.2. The molecule has 0 unspecified atom stereocenters. The van der Waals surface area contributed by atoms with E-state index in [1.54, 1.807) is 0 Å². The number of urea groups is 1. The van der Waals surface area contributed by atoms with Crippen LogP contribution in [-0.4, -0.2) is 24.1 Å². The third-order valence-corrected chi connectivity index (χ3v) is 5.58. The van der Waals surface area contributed by atoms with Gasteiger partial charge in [-0.15, -0.1) is 0 Å². The van der Waals surface area contributed by atoms with Gasteiger partial charge in [-0.3, -0.25) is 0 Å². The van der Waals surface area contributed by atoms with Gasteiger partial charge in [-0.25, -0.2) is 4.79 Å². The second-order valence-electron chi connectivity index (χ2n) is 7.59. The van der Waals surface area contributed by atoms with Crippen molar-refractivity contribution in [2.75, 3.05) is 13.1 Å². The molecule has 2 amide bonds. The lowest BCUT2D eigenvalue weighted by molar-refractivity contribution is 0.240. The van der Waals surface area contributed by atoms with Gasteiger partial charge in [0.2, 0.25) is 0 Å². The van der Waals surface area contributed by atoms with Crippen LogP contribution in [0.2, 0.25) is 0 Å². The van der Waals surface area contributed by atoms with Crippen LogP contribution in [-0.2, 0) is 0 Å². The van der Waals surface area contributed by atoms with Gasteiger partial charge in [0.15, 0.2) is 0 Å². The summed E-state index contributed by atoms with van der Waals surface area (Å²) in [6, 6.07) is 8.51. The monoisotopic (exact) mass is 327 g/mol. The molecule has 24 heavy (non-hydrogen) atoms. The number of aromatic nitrogens is 1. The molecule has 1 fully saturated rings. The Bertz CT molecular complexity index is 732. The van der Waals surface area contributed by atoms with E-state index in [0.29, 0.717) is 11.8 Å². The van der Waals surface area contributed by atoms with Gasteiger partial charge in [0.1, 0.15) is 0 Å². The van der Waals surface area contributed by atoms with Crippen molar-refractivity contribution in [2.45, 2.75) is 46.5 Å². The predicted molar refractivity (Wildman–Crippen MR) is 99.4 cm³/mol. The highest BCUT2D eigenvalue weighted by Crippen LogP contribution is 2.67. The van der Waals surface area contributed by atoms with Gasteiger partial charge in [-0.2, -0.15) is 0 Å². The molecule has 1 saturated carbocycles. The van der Waals surface area contributed by atoms with E-state index in [4.69, 9.17) is 0 Å². The Morgan fingerprint density at radius 2 is 1.92 bits per heavy atom. The summed E-state index contributed by atoms with van der Waals surface area (Å²) in [6.45, 7) is 10.4. The molecule has 4 nitrogen and oxygen atoms in total. The minimum atomic E-state index is -0.0462. The summed E-state index contributed by atoms with van der Waals surface area (Å²) in [7, 11) is 0. The summed E-state index contributed by atoms with van der Waals surface area (Å²) in [5, 5.41) is 7.20. The quantitative estimate of drug-likeness (QED) is 0.727. The van der Waals surface area contributed by atoms with Crippen LogP contribution < -0.4 is 10.6 Å². The van der Waals surface area contributed by atoms with Crippen molar-refractivity contribution in [3.8, 4) is 0 Å². The van der Waals surface area contributed by atoms with Gasteiger partial charge < -0.3 is 15.6 Å². The zero-order chi connectivity index (χ0) is 17.3. The number of aryl methyl sites for hydroxylation is 1. The first-order chi connectivity index (χ1) is 11.5. The van der Waals surface area contributed by atoms with Crippen molar-refractivity contribution in [2.24, 2.45) is 11.3 Å². The maximum atomic E-state index is 11.7. The molecule has 0 spiro atoms. The number of nitrogens with one attached hydrogen (secondary N) is 3. The summed E-state index contributed by atoms with van der Waals surface area (Å²) >= 11 is 0. The van der Waals surface area contributed by atoms with Crippen molar-refractivity contribution in [3.63, 3.8) is 0 Å². The van der Waals surface area contributed by atoms with E-state index in [9.17, 15) is 4.79 Å². The number of carbonyl (C=O) groups is 1. The Morgan fingerprint density at radius 3 is 2.67 bits per heavy atom. The van der Waals surface area contributed by atoms with Gasteiger partial charge in [0.25, 0.3) is 0 Å². The molecular formula is C20H29N3O. The largest absolute Gasteiger partial charge is 0.358 e. The lowest BCUT2D eigenvalue weighted by Crippen LogP contribution is -2.36. The molecular weight excluding hydrogens is 298 g/mol. The SMILES string of the molecule is CCCNC(=O)NCC[C@H]1[C@H](c2c(C)[nH]c3ccccc23)C1(C)C. The number of carbonyl (C=O) groups excluding carboxylic acids is 1. The number of aromatic amines is 1. The number of hydrogen-bond donors (Lipinski definition) is 3. The fourth-order valence-electron chi connectivity index (χ4n) is 4.20. The maximum absolute atomic E-state index is 11.7. The minimum absolute atomic E-state index is 0.0462. The van der Waals surface area contributed by atoms with E-state index in [1.165, 1.54) is 22.2 Å². The van der Waals surface area contributed by atoms with E-state index < -0.39 is 0 Å². The zero-order valence-corrected chi connectivity index (χ0v) is 15.2. The standard InChI is InChI=1S/C20H29N3O/c1-5-11-21-19(24)22-12-10-15-18(20(15,3)4)17-13(2)23-16-9-7-6-8-14(16)17/h6-9,15,18,23H,5,10-12H2,1-4H3,(H2,21,22,24)/t15-,18+/m0/s1. The molecule has 1 heterocycles. The molecule has 1 aromatic heterocycles. The minimum Gasteiger partial charge on any atom is -0.358 e. The van der Waals surface area contributed by atoms with E-state index in [0.717, 1.165) is 25.9 Å². The lowest BCUT2D eigenvalue weighted by Gasteiger charge is -2.07. The van der Waals surface area contributed by atoms with Crippen LogP contribution in [0, 0.1) is 18.3 Å². The first-order valence-corrected chi connectivity index (χ1v) is 9.05. The normalized spacial score (nSPS) is 21.7. The van der Waals surface area contributed by atoms with Gasteiger partial charge in [0.05, 0.1) is 0 Å². The van der Waals surface area contributed by atoms with E-state index in [-0.39, 0.29) is 11.4 Å². The molecule has 1 aliphatic carbocycles. The molecule has 3 N–H and O–H groups in total. The van der Waals surface area contributed by atoms with Crippen LogP contribution in [0.25, 0.3) is 10.9 Å². The van der Waals surface area contributed by atoms with Gasteiger partial charge in [0, 0.05) is 29.7 Å². The highest BCUT2D eigenvalue weighted by Gasteiger charge is 2.58. The Labute approximate surface area is 144 Å². The zero-order valence-electron chi connectivity index (χ0n) is 15.2. The lowest BCUT2D eigenvalue weighted by atomic mass is 10.0. The number of amides is 2. The van der Waals surface area contributed by atoms with Crippen LogP contribution in [0.3, 0.4) is 0 Å². The van der Waals surface area contributed by atoms with Crippen molar-refractivity contribution in [3.05, 3.63) is 35.5 Å². The van der Waals surface area contributed by atoms with Crippen LogP contribution in [0.5, 0.6) is 0 Å². The average molecular weight is 327 g/mol. The molecule has 1 aliphatic rings. The van der Waals surface area contributed by atoms with E-state index in [1.807, 2.05) is 0 Å². The van der Waals surface area contributed by atoms with Gasteiger partial charge in [-0.1, -0.05) is 39.0 Å². The highest BCUT2D eigenvalue weighted by atomic mass is 16.2. The molecule has 0 aliphatic heterocycles. The van der Waals surface area contributed by atoms with Crippen molar-refractivity contribution >= 4 is 16.9 Å². The first kappa shape index (κ1) is 16.9. The Kier molecular flexibility index (Phi) is 4.57. The number of benzene rings is 1. The number of para-hydroxylation sites is 1. The number of hydrogen-bond acceptors (Lipinski definition) is 1. The van der Waals surface area contributed by atoms with Crippen molar-refractivity contribution in [1.82, 2.24) is 15.6 Å².